The van der Waals surface area contributed by atoms with Gasteiger partial charge in [-0.1, -0.05) is 73.7 Å². The summed E-state index contributed by atoms with van der Waals surface area (Å²) in [4.78, 5) is 0. The van der Waals surface area contributed by atoms with Gasteiger partial charge in [-0.2, -0.15) is 0 Å². The molecule has 0 radical (unpaired) electrons. The lowest BCUT2D eigenvalue weighted by molar-refractivity contribution is 1.13. The number of aromatic nitrogens is 1. The molecule has 7 aromatic rings. The predicted molar refractivity (Wildman–Crippen MR) is 153 cm³/mol. The van der Waals surface area contributed by atoms with Crippen molar-refractivity contribution in [2.75, 3.05) is 0 Å². The predicted octanol–water partition coefficient (Wildman–Crippen LogP) is 9.69. The number of hydrogen-bond acceptors (Lipinski definition) is 1. The second-order valence-corrected chi connectivity index (χ2v) is 10.4. The van der Waals surface area contributed by atoms with Crippen molar-refractivity contribution in [2.45, 2.75) is 20.3 Å². The van der Waals surface area contributed by atoms with E-state index in [0.717, 1.165) is 6.42 Å². The van der Waals surface area contributed by atoms with Crippen molar-refractivity contribution >= 4 is 53.3 Å². The number of rotatable bonds is 3. The first kappa shape index (κ1) is 20.5. The molecule has 0 unspecified atom stereocenters. The molecule has 2 heteroatoms. The Kier molecular flexibility index (Phi) is 4.58. The van der Waals surface area contributed by atoms with Crippen LogP contribution >= 0.6 is 11.3 Å². The third kappa shape index (κ3) is 3.00. The van der Waals surface area contributed by atoms with E-state index in [1.807, 2.05) is 11.3 Å². The monoisotopic (exact) mass is 467 g/mol. The van der Waals surface area contributed by atoms with Crippen LogP contribution in [-0.4, -0.2) is 4.57 Å². The molecule has 5 aromatic carbocycles. The zero-order valence-electron chi connectivity index (χ0n) is 19.9. The number of thiophene rings is 1. The molecule has 35 heavy (non-hydrogen) atoms. The molecule has 7 rings (SSSR count). The highest BCUT2D eigenvalue weighted by atomic mass is 32.1. The molecule has 0 aliphatic carbocycles. The van der Waals surface area contributed by atoms with E-state index >= 15 is 0 Å². The van der Waals surface area contributed by atoms with Crippen LogP contribution in [0.5, 0.6) is 0 Å². The normalized spacial score (nSPS) is 11.8. The number of para-hydroxylation sites is 2. The van der Waals surface area contributed by atoms with Gasteiger partial charge in [-0.15, -0.1) is 11.3 Å². The van der Waals surface area contributed by atoms with Gasteiger partial charge in [-0.3, -0.25) is 0 Å². The molecule has 168 valence electrons. The molecule has 0 saturated carbocycles. The Morgan fingerprint density at radius 3 is 2.23 bits per heavy atom. The van der Waals surface area contributed by atoms with Crippen molar-refractivity contribution in [1.29, 1.82) is 0 Å². The summed E-state index contributed by atoms with van der Waals surface area (Å²) in [6.07, 6.45) is 0.988. The van der Waals surface area contributed by atoms with E-state index in [4.69, 9.17) is 0 Å². The van der Waals surface area contributed by atoms with E-state index in [-0.39, 0.29) is 0 Å². The molecule has 2 heterocycles. The Morgan fingerprint density at radius 1 is 0.657 bits per heavy atom. The quantitative estimate of drug-likeness (QED) is 0.244. The average Bonchev–Trinajstić information content (AvgIpc) is 3.43. The lowest BCUT2D eigenvalue weighted by Crippen LogP contribution is -1.96. The molecule has 1 nitrogen and oxygen atoms in total. The summed E-state index contributed by atoms with van der Waals surface area (Å²) < 4.78 is 5.17. The summed E-state index contributed by atoms with van der Waals surface area (Å²) in [6.45, 7) is 4.54. The molecule has 2 aromatic heterocycles. The van der Waals surface area contributed by atoms with Crippen molar-refractivity contribution in [3.63, 3.8) is 0 Å². The van der Waals surface area contributed by atoms with E-state index in [0.29, 0.717) is 0 Å². The van der Waals surface area contributed by atoms with Crippen LogP contribution in [-0.2, 0) is 6.42 Å². The second kappa shape index (κ2) is 7.83. The van der Waals surface area contributed by atoms with E-state index in [1.54, 1.807) is 0 Å². The summed E-state index contributed by atoms with van der Waals surface area (Å²) >= 11 is 1.92. The first-order valence-electron chi connectivity index (χ1n) is 12.3. The van der Waals surface area contributed by atoms with E-state index in [2.05, 4.69) is 122 Å². The van der Waals surface area contributed by atoms with Crippen LogP contribution in [0.4, 0.5) is 0 Å². The maximum absolute atomic E-state index is 2.46. The molecule has 0 aliphatic rings. The lowest BCUT2D eigenvalue weighted by atomic mass is 9.91. The summed E-state index contributed by atoms with van der Waals surface area (Å²) in [5, 5.41) is 5.33. The van der Waals surface area contributed by atoms with Crippen LogP contribution in [0.1, 0.15) is 18.1 Å². The number of fused-ring (bicyclic) bond motifs is 6. The molecule has 0 aliphatic heterocycles. The highest BCUT2D eigenvalue weighted by molar-refractivity contribution is 7.26. The van der Waals surface area contributed by atoms with Crippen LogP contribution in [0.3, 0.4) is 0 Å². The first-order valence-corrected chi connectivity index (χ1v) is 13.1. The minimum Gasteiger partial charge on any atom is -0.309 e. The Balaban J connectivity index is 1.61. The molecule has 0 N–H and O–H groups in total. The van der Waals surface area contributed by atoms with Crippen molar-refractivity contribution in [3.8, 4) is 16.8 Å². The van der Waals surface area contributed by atoms with Gasteiger partial charge in [-0.05, 0) is 66.4 Å². The molecule has 0 atom stereocenters. The fourth-order valence-corrected chi connectivity index (χ4v) is 6.98. The number of nitrogens with zero attached hydrogens (tertiary/aromatic N) is 1. The summed E-state index contributed by atoms with van der Waals surface area (Å²) in [5.74, 6) is 0. The fourth-order valence-electron chi connectivity index (χ4n) is 5.66. The topological polar surface area (TPSA) is 4.93 Å². The first-order chi connectivity index (χ1) is 17.2. The molecule has 0 amide bonds. The van der Waals surface area contributed by atoms with Gasteiger partial charge in [0, 0.05) is 42.2 Å². The van der Waals surface area contributed by atoms with Crippen LogP contribution in [0.2, 0.25) is 0 Å². The van der Waals surface area contributed by atoms with E-state index in [1.165, 1.54) is 69.9 Å². The molecular weight excluding hydrogens is 442 g/mol. The van der Waals surface area contributed by atoms with Gasteiger partial charge in [0.25, 0.3) is 0 Å². The van der Waals surface area contributed by atoms with Crippen molar-refractivity contribution < 1.29 is 0 Å². The van der Waals surface area contributed by atoms with Crippen LogP contribution in [0.25, 0.3) is 58.8 Å². The fraction of sp³-hybridized carbons (Fsp3) is 0.0909. The largest absolute Gasteiger partial charge is 0.309 e. The maximum Gasteiger partial charge on any atom is 0.0544 e. The van der Waals surface area contributed by atoms with Gasteiger partial charge in [0.2, 0.25) is 0 Å². The van der Waals surface area contributed by atoms with Gasteiger partial charge in [0.15, 0.2) is 0 Å². The van der Waals surface area contributed by atoms with Crippen molar-refractivity contribution in [1.82, 2.24) is 4.57 Å². The zero-order chi connectivity index (χ0) is 23.5. The Bertz CT molecular complexity index is 1890. The summed E-state index contributed by atoms with van der Waals surface area (Å²) in [6, 6.07) is 37.8. The number of hydrogen-bond donors (Lipinski definition) is 0. The molecule has 0 bridgehead atoms. The molecular formula is C33H25NS. The van der Waals surface area contributed by atoms with E-state index in [9.17, 15) is 0 Å². The Hall–Kier alpha value is -3.88. The van der Waals surface area contributed by atoms with Gasteiger partial charge in [-0.25, -0.2) is 0 Å². The smallest absolute Gasteiger partial charge is 0.0544 e. The van der Waals surface area contributed by atoms with E-state index < -0.39 is 0 Å². The van der Waals surface area contributed by atoms with Gasteiger partial charge >= 0.3 is 0 Å². The minimum absolute atomic E-state index is 0.988. The third-order valence-electron chi connectivity index (χ3n) is 7.32. The highest BCUT2D eigenvalue weighted by Gasteiger charge is 2.19. The van der Waals surface area contributed by atoms with Crippen molar-refractivity contribution in [3.05, 3.63) is 114 Å². The van der Waals surface area contributed by atoms with Crippen LogP contribution < -0.4 is 0 Å². The summed E-state index contributed by atoms with van der Waals surface area (Å²) in [5.41, 5.74) is 9.22. The van der Waals surface area contributed by atoms with Gasteiger partial charge in [0.05, 0.1) is 11.0 Å². The van der Waals surface area contributed by atoms with Crippen LogP contribution in [0.15, 0.2) is 103 Å². The van der Waals surface area contributed by atoms with Gasteiger partial charge < -0.3 is 4.57 Å². The van der Waals surface area contributed by atoms with Crippen molar-refractivity contribution in [2.24, 2.45) is 0 Å². The average molecular weight is 468 g/mol. The Morgan fingerprint density at radius 2 is 1.40 bits per heavy atom. The standard InChI is InChI=1S/C33H25NS/c1-3-22-19-30-28(24-13-7-9-15-29(24)34(30)23-11-5-4-6-12-23)20-27(22)32-21(2)17-18-26-25-14-8-10-16-31(25)35-33(26)32/h4-20H,3H2,1-2H3. The molecule has 0 fully saturated rings. The molecule has 0 saturated heterocycles. The highest BCUT2D eigenvalue weighted by Crippen LogP contribution is 2.44. The zero-order valence-corrected chi connectivity index (χ0v) is 20.7. The summed E-state index contributed by atoms with van der Waals surface area (Å²) in [7, 11) is 0. The number of aryl methyl sites for hydroxylation is 2. The SMILES string of the molecule is CCc1cc2c(cc1-c1c(C)ccc3c1sc1ccccc13)c1ccccc1n2-c1ccccc1. The van der Waals surface area contributed by atoms with Gasteiger partial charge in [0.1, 0.15) is 0 Å². The lowest BCUT2D eigenvalue weighted by Gasteiger charge is -2.15. The number of benzene rings is 5. The minimum atomic E-state index is 0.988. The van der Waals surface area contributed by atoms with Crippen LogP contribution in [0, 0.1) is 6.92 Å². The Labute approximate surface area is 208 Å². The molecule has 0 spiro atoms. The maximum atomic E-state index is 2.46. The third-order valence-corrected chi connectivity index (χ3v) is 8.52. The second-order valence-electron chi connectivity index (χ2n) is 9.30.